The van der Waals surface area contributed by atoms with Crippen molar-refractivity contribution in [3.63, 3.8) is 0 Å². The normalized spacial score (nSPS) is 18.6. The molecule has 0 amide bonds. The van der Waals surface area contributed by atoms with E-state index in [2.05, 4.69) is 47.5 Å². The molecule has 1 aliphatic rings. The zero-order valence-electron chi connectivity index (χ0n) is 13.0. The maximum atomic E-state index is 3.61. The van der Waals surface area contributed by atoms with Gasteiger partial charge in [-0.2, -0.15) is 0 Å². The van der Waals surface area contributed by atoms with Gasteiger partial charge in [-0.1, -0.05) is 50.1 Å². The van der Waals surface area contributed by atoms with Crippen LogP contribution >= 0.6 is 0 Å². The SMILES string of the molecule is CC(CCNCCN1CCCCCC1)c1ccccc1. The highest BCUT2D eigenvalue weighted by Gasteiger charge is 2.08. The van der Waals surface area contributed by atoms with E-state index in [0.29, 0.717) is 5.92 Å². The Hall–Kier alpha value is -0.860. The molecule has 0 aromatic heterocycles. The second-order valence-electron chi connectivity index (χ2n) is 6.11. The largest absolute Gasteiger partial charge is 0.315 e. The van der Waals surface area contributed by atoms with Gasteiger partial charge in [0.1, 0.15) is 0 Å². The van der Waals surface area contributed by atoms with Gasteiger partial charge in [0, 0.05) is 13.1 Å². The first-order chi connectivity index (χ1) is 9.86. The summed E-state index contributed by atoms with van der Waals surface area (Å²) in [4.78, 5) is 2.63. The Morgan fingerprint density at radius 3 is 2.40 bits per heavy atom. The molecular weight excluding hydrogens is 244 g/mol. The quantitative estimate of drug-likeness (QED) is 0.764. The summed E-state index contributed by atoms with van der Waals surface area (Å²) >= 11 is 0. The number of benzene rings is 1. The van der Waals surface area contributed by atoms with Crippen molar-refractivity contribution in [1.29, 1.82) is 0 Å². The molecule has 0 spiro atoms. The van der Waals surface area contributed by atoms with Gasteiger partial charge in [0.05, 0.1) is 0 Å². The molecule has 1 unspecified atom stereocenters. The fraction of sp³-hybridized carbons (Fsp3) is 0.667. The molecule has 1 aromatic rings. The number of likely N-dealkylation sites (tertiary alicyclic amines) is 1. The molecule has 1 saturated heterocycles. The lowest BCUT2D eigenvalue weighted by Crippen LogP contribution is -2.33. The van der Waals surface area contributed by atoms with Crippen molar-refractivity contribution in [3.8, 4) is 0 Å². The van der Waals surface area contributed by atoms with Gasteiger partial charge in [-0.05, 0) is 50.4 Å². The van der Waals surface area contributed by atoms with Crippen LogP contribution in [-0.2, 0) is 0 Å². The number of rotatable bonds is 7. The van der Waals surface area contributed by atoms with E-state index in [-0.39, 0.29) is 0 Å². The highest BCUT2D eigenvalue weighted by Crippen LogP contribution is 2.17. The van der Waals surface area contributed by atoms with E-state index >= 15 is 0 Å². The van der Waals surface area contributed by atoms with E-state index in [9.17, 15) is 0 Å². The van der Waals surface area contributed by atoms with E-state index in [1.807, 2.05) is 0 Å². The Morgan fingerprint density at radius 1 is 1.00 bits per heavy atom. The van der Waals surface area contributed by atoms with Gasteiger partial charge >= 0.3 is 0 Å². The van der Waals surface area contributed by atoms with Crippen molar-refractivity contribution < 1.29 is 0 Å². The Morgan fingerprint density at radius 2 is 1.70 bits per heavy atom. The molecule has 0 saturated carbocycles. The van der Waals surface area contributed by atoms with Gasteiger partial charge in [0.25, 0.3) is 0 Å². The van der Waals surface area contributed by atoms with Crippen molar-refractivity contribution in [3.05, 3.63) is 35.9 Å². The molecule has 20 heavy (non-hydrogen) atoms. The average molecular weight is 274 g/mol. The monoisotopic (exact) mass is 274 g/mol. The molecule has 1 aromatic carbocycles. The first-order valence-electron chi connectivity index (χ1n) is 8.34. The van der Waals surface area contributed by atoms with Crippen LogP contribution in [0.4, 0.5) is 0 Å². The van der Waals surface area contributed by atoms with Crippen molar-refractivity contribution in [2.45, 2.75) is 44.9 Å². The van der Waals surface area contributed by atoms with Crippen LogP contribution in [0.25, 0.3) is 0 Å². The zero-order valence-corrected chi connectivity index (χ0v) is 13.0. The van der Waals surface area contributed by atoms with Crippen LogP contribution in [0.3, 0.4) is 0 Å². The molecule has 112 valence electrons. The van der Waals surface area contributed by atoms with Crippen LogP contribution < -0.4 is 5.32 Å². The molecule has 1 aliphatic heterocycles. The molecule has 2 nitrogen and oxygen atoms in total. The minimum Gasteiger partial charge on any atom is -0.315 e. The van der Waals surface area contributed by atoms with Crippen LogP contribution in [0.1, 0.15) is 50.5 Å². The lowest BCUT2D eigenvalue weighted by Gasteiger charge is -2.20. The summed E-state index contributed by atoms with van der Waals surface area (Å²) in [5, 5.41) is 3.61. The average Bonchev–Trinajstić information content (AvgIpc) is 2.76. The third kappa shape index (κ3) is 5.64. The smallest absolute Gasteiger partial charge is 0.0107 e. The lowest BCUT2D eigenvalue weighted by atomic mass is 9.98. The molecule has 2 rings (SSSR count). The van der Waals surface area contributed by atoms with Gasteiger partial charge in [-0.15, -0.1) is 0 Å². The zero-order chi connectivity index (χ0) is 14.0. The van der Waals surface area contributed by atoms with Gasteiger partial charge in [0.2, 0.25) is 0 Å². The fourth-order valence-electron chi connectivity index (χ4n) is 2.99. The molecular formula is C18H30N2. The number of hydrogen-bond donors (Lipinski definition) is 1. The predicted molar refractivity (Wildman–Crippen MR) is 87.3 cm³/mol. The summed E-state index contributed by atoms with van der Waals surface area (Å²) in [6.45, 7) is 8.43. The van der Waals surface area contributed by atoms with Crippen LogP contribution in [0.15, 0.2) is 30.3 Å². The molecule has 0 radical (unpaired) electrons. The van der Waals surface area contributed by atoms with Crippen molar-refractivity contribution in [2.24, 2.45) is 0 Å². The predicted octanol–water partition coefficient (Wildman–Crippen LogP) is 3.65. The van der Waals surface area contributed by atoms with Crippen LogP contribution in [-0.4, -0.2) is 37.6 Å². The van der Waals surface area contributed by atoms with Crippen LogP contribution in [0, 0.1) is 0 Å². The molecule has 0 aliphatic carbocycles. The van der Waals surface area contributed by atoms with Crippen LogP contribution in [0.5, 0.6) is 0 Å². The maximum Gasteiger partial charge on any atom is 0.0107 e. The summed E-state index contributed by atoms with van der Waals surface area (Å²) in [5.74, 6) is 0.655. The van der Waals surface area contributed by atoms with Gasteiger partial charge in [-0.25, -0.2) is 0 Å². The Kier molecular flexibility index (Phi) is 7.10. The van der Waals surface area contributed by atoms with E-state index in [1.165, 1.54) is 57.3 Å². The summed E-state index contributed by atoms with van der Waals surface area (Å²) in [7, 11) is 0. The van der Waals surface area contributed by atoms with Crippen molar-refractivity contribution in [1.82, 2.24) is 10.2 Å². The van der Waals surface area contributed by atoms with Crippen molar-refractivity contribution >= 4 is 0 Å². The van der Waals surface area contributed by atoms with E-state index in [0.717, 1.165) is 13.1 Å². The van der Waals surface area contributed by atoms with E-state index in [4.69, 9.17) is 0 Å². The standard InChI is InChI=1S/C18H30N2/c1-17(18-9-5-4-6-10-18)11-12-19-13-16-20-14-7-2-3-8-15-20/h4-6,9-10,17,19H,2-3,7-8,11-16H2,1H3. The lowest BCUT2D eigenvalue weighted by molar-refractivity contribution is 0.284. The first kappa shape index (κ1) is 15.5. The number of nitrogens with zero attached hydrogens (tertiary/aromatic N) is 1. The van der Waals surface area contributed by atoms with E-state index in [1.54, 1.807) is 0 Å². The fourth-order valence-corrected chi connectivity index (χ4v) is 2.99. The Balaban J connectivity index is 1.55. The second kappa shape index (κ2) is 9.15. The molecule has 1 heterocycles. The highest BCUT2D eigenvalue weighted by atomic mass is 15.1. The number of nitrogens with one attached hydrogen (secondary N) is 1. The third-order valence-electron chi connectivity index (χ3n) is 4.43. The summed E-state index contributed by atoms with van der Waals surface area (Å²) in [5.41, 5.74) is 1.46. The van der Waals surface area contributed by atoms with E-state index < -0.39 is 0 Å². The van der Waals surface area contributed by atoms with Gasteiger partial charge < -0.3 is 10.2 Å². The minimum atomic E-state index is 0.655. The van der Waals surface area contributed by atoms with Crippen LogP contribution in [0.2, 0.25) is 0 Å². The second-order valence-corrected chi connectivity index (χ2v) is 6.11. The molecule has 1 fully saturated rings. The van der Waals surface area contributed by atoms with Gasteiger partial charge in [-0.3, -0.25) is 0 Å². The maximum absolute atomic E-state index is 3.61. The third-order valence-corrected chi connectivity index (χ3v) is 4.43. The summed E-state index contributed by atoms with van der Waals surface area (Å²) in [6.07, 6.45) is 6.87. The summed E-state index contributed by atoms with van der Waals surface area (Å²) in [6, 6.07) is 10.8. The van der Waals surface area contributed by atoms with Crippen molar-refractivity contribution in [2.75, 3.05) is 32.7 Å². The molecule has 0 bridgehead atoms. The Labute approximate surface area is 124 Å². The highest BCUT2D eigenvalue weighted by molar-refractivity contribution is 5.18. The topological polar surface area (TPSA) is 15.3 Å². The summed E-state index contributed by atoms with van der Waals surface area (Å²) < 4.78 is 0. The molecule has 2 heteroatoms. The first-order valence-corrected chi connectivity index (χ1v) is 8.34. The van der Waals surface area contributed by atoms with Gasteiger partial charge in [0.15, 0.2) is 0 Å². The molecule has 1 N–H and O–H groups in total. The molecule has 1 atom stereocenters. The Bertz CT molecular complexity index is 342. The number of hydrogen-bond acceptors (Lipinski definition) is 2. The minimum absolute atomic E-state index is 0.655.